The van der Waals surface area contributed by atoms with Crippen LogP contribution in [0.4, 0.5) is 5.69 Å². The number of halogens is 1. The minimum Gasteiger partial charge on any atom is -0.364 e. The number of nitrogens with one attached hydrogen (secondary N) is 3. The fourth-order valence-corrected chi connectivity index (χ4v) is 3.02. The lowest BCUT2D eigenvalue weighted by molar-refractivity contribution is -0.120. The molecule has 1 aliphatic rings. The number of aromatic nitrogens is 3. The molecule has 1 saturated carbocycles. The van der Waals surface area contributed by atoms with E-state index in [2.05, 4.69) is 25.6 Å². The highest BCUT2D eigenvalue weighted by Gasteiger charge is 2.21. The Morgan fingerprint density at radius 3 is 2.54 bits per heavy atom. The average Bonchev–Trinajstić information content (AvgIpc) is 3.20. The predicted octanol–water partition coefficient (Wildman–Crippen LogP) is 2.12. The van der Waals surface area contributed by atoms with Crippen molar-refractivity contribution in [3.63, 3.8) is 0 Å². The molecule has 0 unspecified atom stereocenters. The molecule has 1 aliphatic carbocycles. The zero-order chi connectivity index (χ0) is 20.5. The summed E-state index contributed by atoms with van der Waals surface area (Å²) in [6.07, 6.45) is 8.38. The van der Waals surface area contributed by atoms with Crippen molar-refractivity contribution in [3.05, 3.63) is 41.2 Å². The van der Waals surface area contributed by atoms with E-state index in [4.69, 9.17) is 17.3 Å². The number of pyridine rings is 1. The van der Waals surface area contributed by atoms with Crippen LogP contribution in [0.25, 0.3) is 0 Å². The summed E-state index contributed by atoms with van der Waals surface area (Å²) in [5.41, 5.74) is 5.60. The van der Waals surface area contributed by atoms with Gasteiger partial charge in [0.15, 0.2) is 10.8 Å². The molecule has 28 heavy (non-hydrogen) atoms. The monoisotopic (exact) mass is 406 g/mol. The van der Waals surface area contributed by atoms with E-state index in [1.165, 1.54) is 19.8 Å². The molecule has 5 N–H and O–H groups in total. The molecule has 0 saturated heterocycles. The van der Waals surface area contributed by atoms with Crippen molar-refractivity contribution in [1.29, 1.82) is 0 Å². The van der Waals surface area contributed by atoms with E-state index >= 15 is 0 Å². The molecule has 0 spiro atoms. The van der Waals surface area contributed by atoms with E-state index in [1.54, 1.807) is 18.3 Å². The van der Waals surface area contributed by atoms with Crippen LogP contribution in [0.3, 0.4) is 0 Å². The largest absolute Gasteiger partial charge is 0.364 e. The maximum absolute atomic E-state index is 11.9. The number of primary amides is 1. The molecule has 2 aromatic heterocycles. The van der Waals surface area contributed by atoms with Gasteiger partial charge in [-0.05, 0) is 25.0 Å². The average molecular weight is 407 g/mol. The van der Waals surface area contributed by atoms with Crippen molar-refractivity contribution in [3.8, 4) is 0 Å². The SMILES string of the molecule is CNC(=O)c1[nH]cnc1C(N)=O.O=C(Nc1cccnc1Cl)C1CCCCC1. The van der Waals surface area contributed by atoms with Gasteiger partial charge in [-0.2, -0.15) is 0 Å². The smallest absolute Gasteiger partial charge is 0.269 e. The van der Waals surface area contributed by atoms with Crippen LogP contribution < -0.4 is 16.4 Å². The predicted molar refractivity (Wildman–Crippen MR) is 105 cm³/mol. The van der Waals surface area contributed by atoms with Crippen LogP contribution in [0.1, 0.15) is 53.1 Å². The molecule has 150 valence electrons. The first-order valence-electron chi connectivity index (χ1n) is 8.90. The quantitative estimate of drug-likeness (QED) is 0.575. The third kappa shape index (κ3) is 5.78. The topological polar surface area (TPSA) is 143 Å². The first-order chi connectivity index (χ1) is 13.4. The summed E-state index contributed by atoms with van der Waals surface area (Å²) in [6.45, 7) is 0. The second kappa shape index (κ2) is 10.4. The van der Waals surface area contributed by atoms with E-state index in [-0.39, 0.29) is 23.2 Å². The van der Waals surface area contributed by atoms with Crippen LogP contribution in [-0.4, -0.2) is 39.7 Å². The van der Waals surface area contributed by atoms with Gasteiger partial charge < -0.3 is 21.4 Å². The molecule has 3 amide bonds. The van der Waals surface area contributed by atoms with E-state index in [1.807, 2.05) is 0 Å². The highest BCUT2D eigenvalue weighted by molar-refractivity contribution is 6.32. The highest BCUT2D eigenvalue weighted by Crippen LogP contribution is 2.26. The van der Waals surface area contributed by atoms with Gasteiger partial charge in [0.2, 0.25) is 5.91 Å². The van der Waals surface area contributed by atoms with Crippen LogP contribution in [0.15, 0.2) is 24.7 Å². The number of hydrogen-bond acceptors (Lipinski definition) is 5. The number of carbonyl (C=O) groups is 3. The van der Waals surface area contributed by atoms with Gasteiger partial charge in [0.05, 0.1) is 12.0 Å². The van der Waals surface area contributed by atoms with Gasteiger partial charge in [-0.3, -0.25) is 14.4 Å². The van der Waals surface area contributed by atoms with E-state index < -0.39 is 11.8 Å². The summed E-state index contributed by atoms with van der Waals surface area (Å²) in [5.74, 6) is -0.921. The molecular formula is C18H23ClN6O3. The summed E-state index contributed by atoms with van der Waals surface area (Å²) < 4.78 is 0. The van der Waals surface area contributed by atoms with Crippen LogP contribution in [0.5, 0.6) is 0 Å². The van der Waals surface area contributed by atoms with Crippen LogP contribution in [-0.2, 0) is 4.79 Å². The first-order valence-corrected chi connectivity index (χ1v) is 9.28. The Bertz CT molecular complexity index is 832. The van der Waals surface area contributed by atoms with Gasteiger partial charge in [0.25, 0.3) is 11.8 Å². The summed E-state index contributed by atoms with van der Waals surface area (Å²) in [4.78, 5) is 43.6. The lowest BCUT2D eigenvalue weighted by Gasteiger charge is -2.20. The maximum atomic E-state index is 11.9. The molecule has 10 heteroatoms. The molecule has 2 heterocycles. The molecule has 1 fully saturated rings. The molecule has 0 aliphatic heterocycles. The van der Waals surface area contributed by atoms with Crippen molar-refractivity contribution >= 4 is 35.0 Å². The molecule has 0 radical (unpaired) electrons. The second-order valence-corrected chi connectivity index (χ2v) is 6.59. The van der Waals surface area contributed by atoms with Crippen molar-refractivity contribution in [2.75, 3.05) is 12.4 Å². The zero-order valence-corrected chi connectivity index (χ0v) is 16.3. The Labute approximate surface area is 167 Å². The first kappa shape index (κ1) is 21.4. The number of imidazole rings is 1. The molecular weight excluding hydrogens is 384 g/mol. The van der Waals surface area contributed by atoms with Crippen molar-refractivity contribution in [2.45, 2.75) is 32.1 Å². The third-order valence-electron chi connectivity index (χ3n) is 4.32. The Balaban J connectivity index is 0.000000209. The molecule has 3 rings (SSSR count). The van der Waals surface area contributed by atoms with Gasteiger partial charge in [-0.25, -0.2) is 9.97 Å². The third-order valence-corrected chi connectivity index (χ3v) is 4.62. The normalized spacial score (nSPS) is 13.8. The van der Waals surface area contributed by atoms with Gasteiger partial charge in [0.1, 0.15) is 5.69 Å². The summed E-state index contributed by atoms with van der Waals surface area (Å²) >= 11 is 5.88. The van der Waals surface area contributed by atoms with Crippen molar-refractivity contribution in [2.24, 2.45) is 11.7 Å². The number of aromatic amines is 1. The molecule has 2 aromatic rings. The number of nitrogens with zero attached hydrogens (tertiary/aromatic N) is 2. The van der Waals surface area contributed by atoms with Gasteiger partial charge in [0, 0.05) is 19.2 Å². The number of H-pyrrole nitrogens is 1. The van der Waals surface area contributed by atoms with Crippen LogP contribution >= 0.6 is 11.6 Å². The summed E-state index contributed by atoms with van der Waals surface area (Å²) in [6, 6.07) is 3.54. The maximum Gasteiger partial charge on any atom is 0.269 e. The van der Waals surface area contributed by atoms with Gasteiger partial charge in [-0.1, -0.05) is 30.9 Å². The number of hydrogen-bond donors (Lipinski definition) is 4. The fourth-order valence-electron chi connectivity index (χ4n) is 2.86. The van der Waals surface area contributed by atoms with E-state index in [9.17, 15) is 14.4 Å². The lowest BCUT2D eigenvalue weighted by Crippen LogP contribution is -2.24. The standard InChI is InChI=1S/C12H15ClN2O.C6H8N4O2/c13-11-10(7-4-8-14-11)15-12(16)9-5-2-1-3-6-9;1-8-6(12)4-3(5(7)11)9-2-10-4/h4,7-9H,1-3,5-6H2,(H,15,16);2H,1H3,(H2,7,11)(H,8,12)(H,9,10). The molecule has 0 bridgehead atoms. The summed E-state index contributed by atoms with van der Waals surface area (Å²) in [5, 5.41) is 5.54. The Morgan fingerprint density at radius 1 is 1.21 bits per heavy atom. The molecule has 0 atom stereocenters. The number of amides is 3. The van der Waals surface area contributed by atoms with Gasteiger partial charge >= 0.3 is 0 Å². The molecule has 9 nitrogen and oxygen atoms in total. The van der Waals surface area contributed by atoms with Gasteiger partial charge in [-0.15, -0.1) is 0 Å². The minimum atomic E-state index is -0.727. The number of anilines is 1. The Hall–Kier alpha value is -2.94. The zero-order valence-electron chi connectivity index (χ0n) is 15.5. The fraction of sp³-hybridized carbons (Fsp3) is 0.389. The Kier molecular flexibility index (Phi) is 7.94. The minimum absolute atomic E-state index is 0.0469. The number of rotatable bonds is 4. The van der Waals surface area contributed by atoms with Crippen LogP contribution in [0.2, 0.25) is 5.15 Å². The Morgan fingerprint density at radius 2 is 1.93 bits per heavy atom. The van der Waals surface area contributed by atoms with Crippen LogP contribution in [0, 0.1) is 5.92 Å². The highest BCUT2D eigenvalue weighted by atomic mass is 35.5. The van der Waals surface area contributed by atoms with Crippen molar-refractivity contribution < 1.29 is 14.4 Å². The molecule has 0 aromatic carbocycles. The van der Waals surface area contributed by atoms with E-state index in [0.29, 0.717) is 10.8 Å². The number of carbonyl (C=O) groups excluding carboxylic acids is 3. The summed E-state index contributed by atoms with van der Waals surface area (Å²) in [7, 11) is 1.45. The van der Waals surface area contributed by atoms with Crippen molar-refractivity contribution in [1.82, 2.24) is 20.3 Å². The number of nitrogens with two attached hydrogens (primary N) is 1. The second-order valence-electron chi connectivity index (χ2n) is 6.24. The lowest BCUT2D eigenvalue weighted by atomic mass is 9.88. The van der Waals surface area contributed by atoms with E-state index in [0.717, 1.165) is 25.7 Å².